The van der Waals surface area contributed by atoms with Gasteiger partial charge in [0, 0.05) is 6.92 Å². The van der Waals surface area contributed by atoms with Crippen LogP contribution in [-0.2, 0) is 0 Å². The number of hydrogen-bond acceptors (Lipinski definition) is 0. The Bertz CT molecular complexity index is 186. The van der Waals surface area contributed by atoms with Crippen molar-refractivity contribution in [3.63, 3.8) is 0 Å². The van der Waals surface area contributed by atoms with Crippen molar-refractivity contribution in [2.24, 2.45) is 0 Å². The van der Waals surface area contributed by atoms with Crippen LogP contribution in [0.4, 0.5) is 48.3 Å². The summed E-state index contributed by atoms with van der Waals surface area (Å²) in [7, 11) is 0. The summed E-state index contributed by atoms with van der Waals surface area (Å²) in [6.07, 6.45) is -18.4. The van der Waals surface area contributed by atoms with E-state index >= 15 is 0 Å². The predicted molar refractivity (Wildman–Crippen MR) is 33.4 cm³/mol. The van der Waals surface area contributed by atoms with Gasteiger partial charge in [-0.2, -0.15) is 48.3 Å². The first kappa shape index (κ1) is 18.6. The van der Waals surface area contributed by atoms with Gasteiger partial charge in [-0.1, -0.05) is 0 Å². The molecule has 0 amide bonds. The summed E-state index contributed by atoms with van der Waals surface area (Å²) in [5.74, 6) is -4.56. The lowest BCUT2D eigenvalue weighted by atomic mass is 10.4. The molecule has 0 atom stereocenters. The molecule has 0 spiro atoms. The molecule has 0 nitrogen and oxygen atoms in total. The second-order valence-corrected chi connectivity index (χ2v) is 2.79. The Hall–Kier alpha value is -0.770. The molecule has 17 heavy (non-hydrogen) atoms. The Morgan fingerprint density at radius 2 is 0.765 bits per heavy atom. The number of alkyl halides is 11. The van der Waals surface area contributed by atoms with Gasteiger partial charge in [-0.25, -0.2) is 0 Å². The monoisotopic (exact) mass is 286 g/mol. The van der Waals surface area contributed by atoms with Crippen LogP contribution < -0.4 is 0 Å². The van der Waals surface area contributed by atoms with E-state index in [4.69, 9.17) is 0 Å². The molecule has 0 aromatic rings. The van der Waals surface area contributed by atoms with Crippen LogP contribution in [0.2, 0.25) is 0 Å². The van der Waals surface area contributed by atoms with E-state index in [-0.39, 0.29) is 6.92 Å². The van der Waals surface area contributed by atoms with Gasteiger partial charge in [0.05, 0.1) is 0 Å². The zero-order valence-corrected chi connectivity index (χ0v) is 7.86. The van der Waals surface area contributed by atoms with Gasteiger partial charge in [0.15, 0.2) is 0 Å². The van der Waals surface area contributed by atoms with E-state index in [9.17, 15) is 48.3 Å². The van der Waals surface area contributed by atoms with Crippen molar-refractivity contribution >= 4 is 0 Å². The minimum atomic E-state index is -5.40. The minimum absolute atomic E-state index is 0.188. The lowest BCUT2D eigenvalue weighted by Crippen LogP contribution is -2.32. The molecule has 106 valence electrons. The lowest BCUT2D eigenvalue weighted by molar-refractivity contribution is -0.273. The molecule has 0 radical (unpaired) electrons. The quantitative estimate of drug-likeness (QED) is 0.566. The van der Waals surface area contributed by atoms with E-state index in [1.165, 1.54) is 0 Å². The van der Waals surface area contributed by atoms with Crippen LogP contribution in [0.25, 0.3) is 0 Å². The molecule has 0 aliphatic carbocycles. The Morgan fingerprint density at radius 1 is 0.588 bits per heavy atom. The second-order valence-electron chi connectivity index (χ2n) is 2.79. The van der Waals surface area contributed by atoms with E-state index in [1.807, 2.05) is 0 Å². The number of hydrogen-bond donors (Lipinski definition) is 0. The summed E-state index contributed by atoms with van der Waals surface area (Å²) >= 11 is 0. The van der Waals surface area contributed by atoms with Gasteiger partial charge in [0.1, 0.15) is 6.42 Å². The molecular weight excluding hydrogens is 281 g/mol. The maximum absolute atomic E-state index is 11.1. The maximum Gasteiger partial charge on any atom is 0.452 e. The van der Waals surface area contributed by atoms with E-state index in [0.29, 0.717) is 0 Å². The van der Waals surface area contributed by atoms with E-state index in [1.54, 1.807) is 0 Å². The molecule has 0 saturated carbocycles. The van der Waals surface area contributed by atoms with E-state index in [0.717, 1.165) is 0 Å². The molecule has 0 rings (SSSR count). The molecule has 0 unspecified atom stereocenters. The molecule has 11 heteroatoms. The van der Waals surface area contributed by atoms with Gasteiger partial charge in [0.2, 0.25) is 0 Å². The second kappa shape index (κ2) is 5.25. The van der Waals surface area contributed by atoms with Gasteiger partial charge < -0.3 is 0 Å². The standard InChI is InChI=1S/C3H2F6.C3H3F5/c4-2(5,6)1-3(7,8)9;1-2(4,5)3(6,7)8/h1H2;1H3. The molecule has 0 N–H and O–H groups in total. The first-order valence-electron chi connectivity index (χ1n) is 3.54. The van der Waals surface area contributed by atoms with Crippen LogP contribution in [0.1, 0.15) is 13.3 Å². The molecule has 0 aliphatic rings. The van der Waals surface area contributed by atoms with Gasteiger partial charge in [-0.05, 0) is 0 Å². The molecule has 0 aliphatic heterocycles. The zero-order chi connectivity index (χ0) is 14.7. The molecule has 0 heterocycles. The van der Waals surface area contributed by atoms with Crippen molar-refractivity contribution in [3.05, 3.63) is 0 Å². The SMILES string of the molecule is CC(F)(F)C(F)(F)F.FC(F)(F)CC(F)(F)F. The highest BCUT2D eigenvalue weighted by Crippen LogP contribution is 2.34. The van der Waals surface area contributed by atoms with Crippen molar-refractivity contribution in [3.8, 4) is 0 Å². The Labute approximate surface area is 87.4 Å². The van der Waals surface area contributed by atoms with Crippen LogP contribution in [0.5, 0.6) is 0 Å². The first-order chi connectivity index (χ1) is 6.96. The van der Waals surface area contributed by atoms with Crippen molar-refractivity contribution in [2.45, 2.75) is 37.8 Å². The molecule has 0 aromatic heterocycles. The predicted octanol–water partition coefficient (Wildman–Crippen LogP) is 4.71. The highest BCUT2D eigenvalue weighted by Gasteiger charge is 2.53. The van der Waals surface area contributed by atoms with Gasteiger partial charge >= 0.3 is 24.5 Å². The highest BCUT2D eigenvalue weighted by molar-refractivity contribution is 4.67. The van der Waals surface area contributed by atoms with Gasteiger partial charge in [-0.3, -0.25) is 0 Å². The fraction of sp³-hybridized carbons (Fsp3) is 1.00. The third kappa shape index (κ3) is 13.2. The van der Waals surface area contributed by atoms with Crippen molar-refractivity contribution in [2.75, 3.05) is 0 Å². The topological polar surface area (TPSA) is 0 Å². The summed E-state index contributed by atoms with van der Waals surface area (Å²) in [5, 5.41) is 0. The summed E-state index contributed by atoms with van der Waals surface area (Å²) in [5.41, 5.74) is 0. The molecule has 0 bridgehead atoms. The van der Waals surface area contributed by atoms with Crippen molar-refractivity contribution in [1.29, 1.82) is 0 Å². The number of halogens is 11. The fourth-order valence-electron chi connectivity index (χ4n) is 0.227. The average Bonchev–Trinajstić information content (AvgIpc) is 1.71. The lowest BCUT2D eigenvalue weighted by Gasteiger charge is -2.12. The Morgan fingerprint density at radius 3 is 0.765 bits per heavy atom. The fourth-order valence-corrected chi connectivity index (χ4v) is 0.227. The van der Waals surface area contributed by atoms with Crippen LogP contribution >= 0.6 is 0 Å². The smallest absolute Gasteiger partial charge is 0.197 e. The third-order valence-electron chi connectivity index (χ3n) is 0.899. The Balaban J connectivity index is 0. The van der Waals surface area contributed by atoms with Crippen LogP contribution in [0.15, 0.2) is 0 Å². The van der Waals surface area contributed by atoms with Crippen LogP contribution in [0.3, 0.4) is 0 Å². The first-order valence-corrected chi connectivity index (χ1v) is 3.54. The normalized spacial score (nSPS) is 14.1. The minimum Gasteiger partial charge on any atom is -0.197 e. The summed E-state index contributed by atoms with van der Waals surface area (Å²) in [4.78, 5) is 0. The maximum atomic E-state index is 11.1. The highest BCUT2D eigenvalue weighted by atomic mass is 19.4. The summed E-state index contributed by atoms with van der Waals surface area (Å²) in [6, 6.07) is 0. The van der Waals surface area contributed by atoms with Crippen LogP contribution in [-0.4, -0.2) is 24.5 Å². The number of rotatable bonds is 0. The van der Waals surface area contributed by atoms with Gasteiger partial charge in [-0.15, -0.1) is 0 Å². The molecule has 0 aromatic carbocycles. The zero-order valence-electron chi connectivity index (χ0n) is 7.86. The molecule has 0 saturated heterocycles. The van der Waals surface area contributed by atoms with Crippen LogP contribution in [0, 0.1) is 0 Å². The molecular formula is C6H5F11. The summed E-state index contributed by atoms with van der Waals surface area (Å²) in [6.45, 7) is -0.188. The molecule has 0 fully saturated rings. The van der Waals surface area contributed by atoms with E-state index in [2.05, 4.69) is 0 Å². The average molecular weight is 286 g/mol. The van der Waals surface area contributed by atoms with Crippen molar-refractivity contribution < 1.29 is 48.3 Å². The van der Waals surface area contributed by atoms with Gasteiger partial charge in [0.25, 0.3) is 0 Å². The Kier molecular flexibility index (Phi) is 5.74. The van der Waals surface area contributed by atoms with E-state index < -0.39 is 30.9 Å². The largest absolute Gasteiger partial charge is 0.452 e. The third-order valence-corrected chi connectivity index (χ3v) is 0.899. The van der Waals surface area contributed by atoms with Crippen molar-refractivity contribution in [1.82, 2.24) is 0 Å². The summed E-state index contributed by atoms with van der Waals surface area (Å²) < 4.78 is 120.